The van der Waals surface area contributed by atoms with E-state index in [0.29, 0.717) is 0 Å². The average Bonchev–Trinajstić information content (AvgIpc) is 2.50. The van der Waals surface area contributed by atoms with Crippen molar-refractivity contribution in [2.24, 2.45) is 5.73 Å². The predicted molar refractivity (Wildman–Crippen MR) is 94.6 cm³/mol. The van der Waals surface area contributed by atoms with Gasteiger partial charge in [-0.2, -0.15) is 0 Å². The van der Waals surface area contributed by atoms with Crippen LogP contribution >= 0.6 is 0 Å². The first-order chi connectivity index (χ1) is 10.2. The first-order valence-electron chi connectivity index (χ1n) is 9.26. The summed E-state index contributed by atoms with van der Waals surface area (Å²) >= 11 is 0. The first-order valence-corrected chi connectivity index (χ1v) is 9.26. The normalized spacial score (nSPS) is 13.6. The van der Waals surface area contributed by atoms with Crippen molar-refractivity contribution in [1.82, 2.24) is 0 Å². The van der Waals surface area contributed by atoms with Crippen LogP contribution in [-0.2, 0) is 0 Å². The quantitative estimate of drug-likeness (QED) is 0.374. The summed E-state index contributed by atoms with van der Waals surface area (Å²) in [6, 6.07) is -0.470. The molecule has 0 heterocycles. The van der Waals surface area contributed by atoms with Gasteiger partial charge in [-0.15, -0.1) is 0 Å². The Kier molecular flexibility index (Phi) is 20.8. The van der Waals surface area contributed by atoms with Crippen molar-refractivity contribution in [2.75, 3.05) is 6.61 Å². The topological polar surface area (TPSA) is 66.5 Å². The zero-order chi connectivity index (χ0) is 15.8. The SMILES string of the molecule is CCCCCCCCCCCCCCC[C@@H](O)[C@@H](N)CO.[C]. The van der Waals surface area contributed by atoms with Gasteiger partial charge in [0.25, 0.3) is 0 Å². The van der Waals surface area contributed by atoms with Crippen LogP contribution in [0, 0.1) is 7.43 Å². The van der Waals surface area contributed by atoms with Crippen LogP contribution in [0.15, 0.2) is 0 Å². The van der Waals surface area contributed by atoms with E-state index in [-0.39, 0.29) is 14.0 Å². The summed E-state index contributed by atoms with van der Waals surface area (Å²) in [4.78, 5) is 0. The van der Waals surface area contributed by atoms with E-state index >= 15 is 0 Å². The number of hydrogen-bond donors (Lipinski definition) is 3. The molecule has 0 aromatic rings. The number of nitrogens with two attached hydrogens (primary N) is 1. The van der Waals surface area contributed by atoms with E-state index in [4.69, 9.17) is 10.8 Å². The fourth-order valence-corrected chi connectivity index (χ4v) is 2.71. The molecule has 0 aromatic heterocycles. The third kappa shape index (κ3) is 16.3. The number of aliphatic hydroxyl groups excluding tert-OH is 2. The van der Waals surface area contributed by atoms with E-state index in [1.54, 1.807) is 0 Å². The molecule has 0 aromatic carbocycles. The number of hydrogen-bond acceptors (Lipinski definition) is 3. The summed E-state index contributed by atoms with van der Waals surface area (Å²) in [7, 11) is 0. The minimum atomic E-state index is -0.539. The molecule has 0 rings (SSSR count). The molecule has 0 aliphatic carbocycles. The Labute approximate surface area is 139 Å². The zero-order valence-electron chi connectivity index (χ0n) is 14.7. The molecule has 2 atom stereocenters. The van der Waals surface area contributed by atoms with Crippen molar-refractivity contribution in [3.8, 4) is 0 Å². The molecule has 0 saturated carbocycles. The van der Waals surface area contributed by atoms with Gasteiger partial charge in [0, 0.05) is 7.43 Å². The highest BCUT2D eigenvalue weighted by molar-refractivity contribution is 4.70. The Morgan fingerprint density at radius 1 is 0.727 bits per heavy atom. The zero-order valence-corrected chi connectivity index (χ0v) is 14.7. The van der Waals surface area contributed by atoms with Crippen molar-refractivity contribution in [2.45, 2.75) is 109 Å². The van der Waals surface area contributed by atoms with Crippen molar-refractivity contribution in [1.29, 1.82) is 0 Å². The van der Waals surface area contributed by atoms with E-state index in [2.05, 4.69) is 6.92 Å². The molecular formula is C19H39NO2. The van der Waals surface area contributed by atoms with Gasteiger partial charge in [-0.05, 0) is 6.42 Å². The Morgan fingerprint density at radius 3 is 1.45 bits per heavy atom. The highest BCUT2D eigenvalue weighted by Crippen LogP contribution is 2.13. The van der Waals surface area contributed by atoms with Gasteiger partial charge in [-0.1, -0.05) is 90.4 Å². The first kappa shape index (κ1) is 24.1. The van der Waals surface area contributed by atoms with Crippen molar-refractivity contribution >= 4 is 0 Å². The van der Waals surface area contributed by atoms with Gasteiger partial charge in [0.1, 0.15) is 0 Å². The van der Waals surface area contributed by atoms with Gasteiger partial charge >= 0.3 is 0 Å². The van der Waals surface area contributed by atoms with Crippen LogP contribution in [0.3, 0.4) is 0 Å². The molecule has 0 saturated heterocycles. The lowest BCUT2D eigenvalue weighted by Gasteiger charge is -2.15. The molecule has 0 bridgehead atoms. The smallest absolute Gasteiger partial charge is 0.0713 e. The molecule has 0 spiro atoms. The highest BCUT2D eigenvalue weighted by atomic mass is 16.3. The maximum absolute atomic E-state index is 9.61. The van der Waals surface area contributed by atoms with Gasteiger partial charge in [-0.3, -0.25) is 0 Å². The predicted octanol–water partition coefficient (Wildman–Crippen LogP) is 4.23. The van der Waals surface area contributed by atoms with E-state index in [9.17, 15) is 5.11 Å². The average molecular weight is 314 g/mol. The second-order valence-corrected chi connectivity index (χ2v) is 6.45. The van der Waals surface area contributed by atoms with Crippen molar-refractivity contribution in [3.05, 3.63) is 7.43 Å². The highest BCUT2D eigenvalue weighted by Gasteiger charge is 2.12. The summed E-state index contributed by atoms with van der Waals surface area (Å²) in [6.45, 7) is 2.14. The summed E-state index contributed by atoms with van der Waals surface area (Å²) < 4.78 is 0. The van der Waals surface area contributed by atoms with Crippen LogP contribution in [0.5, 0.6) is 0 Å². The second-order valence-electron chi connectivity index (χ2n) is 6.45. The van der Waals surface area contributed by atoms with Crippen molar-refractivity contribution in [3.63, 3.8) is 0 Å². The Balaban J connectivity index is 0. The summed E-state index contributed by atoms with van der Waals surface area (Å²) in [5.41, 5.74) is 5.56. The monoisotopic (exact) mass is 313 g/mol. The van der Waals surface area contributed by atoms with Crippen LogP contribution < -0.4 is 5.73 Å². The minimum absolute atomic E-state index is 0. The number of rotatable bonds is 16. The number of aliphatic hydroxyl groups is 2. The maximum Gasteiger partial charge on any atom is 0.0713 e. The van der Waals surface area contributed by atoms with Crippen LogP contribution in [-0.4, -0.2) is 29.0 Å². The Morgan fingerprint density at radius 2 is 1.09 bits per heavy atom. The van der Waals surface area contributed by atoms with Crippen molar-refractivity contribution < 1.29 is 10.2 Å². The molecule has 0 aliphatic rings. The molecule has 0 unspecified atom stereocenters. The maximum atomic E-state index is 9.61. The van der Waals surface area contributed by atoms with Gasteiger partial charge in [0.05, 0.1) is 18.8 Å². The van der Waals surface area contributed by atoms with Crippen LogP contribution in [0.2, 0.25) is 0 Å². The largest absolute Gasteiger partial charge is 0.395 e. The fraction of sp³-hybridized carbons (Fsp3) is 0.947. The molecule has 0 fully saturated rings. The minimum Gasteiger partial charge on any atom is -0.395 e. The molecule has 4 radical (unpaired) electrons. The molecule has 22 heavy (non-hydrogen) atoms. The Bertz CT molecular complexity index is 200. The summed E-state index contributed by atoms with van der Waals surface area (Å²) in [6.07, 6.45) is 17.5. The van der Waals surface area contributed by atoms with Crippen LogP contribution in [0.4, 0.5) is 0 Å². The van der Waals surface area contributed by atoms with Crippen LogP contribution in [0.1, 0.15) is 96.8 Å². The Hall–Kier alpha value is -0.120. The van der Waals surface area contributed by atoms with E-state index < -0.39 is 12.1 Å². The molecule has 3 heteroatoms. The van der Waals surface area contributed by atoms with Gasteiger partial charge < -0.3 is 15.9 Å². The number of unbranched alkanes of at least 4 members (excludes halogenated alkanes) is 12. The standard InChI is InChI=1S/C18H39NO2.C/c1-2-3-4-5-6-7-8-9-10-11-12-13-14-15-18(21)17(19)16-20;/h17-18,20-21H,2-16,19H2,1H3;/t17-,18+;/m0./s1. The van der Waals surface area contributed by atoms with Crippen LogP contribution in [0.25, 0.3) is 0 Å². The van der Waals surface area contributed by atoms with Gasteiger partial charge in [0.15, 0.2) is 0 Å². The van der Waals surface area contributed by atoms with E-state index in [1.807, 2.05) is 0 Å². The summed E-state index contributed by atoms with van der Waals surface area (Å²) in [5.74, 6) is 0. The lowest BCUT2D eigenvalue weighted by molar-refractivity contribution is 0.0990. The fourth-order valence-electron chi connectivity index (χ4n) is 2.71. The molecule has 3 nitrogen and oxygen atoms in total. The molecule has 0 amide bonds. The molecule has 132 valence electrons. The third-order valence-corrected chi connectivity index (χ3v) is 4.31. The van der Waals surface area contributed by atoms with E-state index in [1.165, 1.54) is 77.0 Å². The molecule has 0 aliphatic heterocycles. The third-order valence-electron chi connectivity index (χ3n) is 4.31. The van der Waals surface area contributed by atoms with Gasteiger partial charge in [-0.25, -0.2) is 0 Å². The summed E-state index contributed by atoms with van der Waals surface area (Å²) in [5, 5.41) is 18.4. The second kappa shape index (κ2) is 18.9. The molecule has 4 N–H and O–H groups in total. The lowest BCUT2D eigenvalue weighted by Crippen LogP contribution is -2.37. The van der Waals surface area contributed by atoms with E-state index in [0.717, 1.165) is 12.8 Å². The van der Waals surface area contributed by atoms with Gasteiger partial charge in [0.2, 0.25) is 0 Å². The lowest BCUT2D eigenvalue weighted by atomic mass is 10.0. The molecular weight excluding hydrogens is 274 g/mol.